The minimum atomic E-state index is -0.420. The number of aromatic nitrogens is 2. The summed E-state index contributed by atoms with van der Waals surface area (Å²) in [4.78, 5) is 44.8. The van der Waals surface area contributed by atoms with Crippen molar-refractivity contribution in [1.29, 1.82) is 0 Å². The van der Waals surface area contributed by atoms with Gasteiger partial charge in [0.05, 0.1) is 30.3 Å². The number of amides is 3. The molecule has 1 aromatic heterocycles. The molecular weight excluding hydrogens is 670 g/mol. The molecule has 4 aromatic rings. The highest BCUT2D eigenvalue weighted by Crippen LogP contribution is 2.29. The molecule has 10 heteroatoms. The quantitative estimate of drug-likeness (QED) is 0.160. The van der Waals surface area contributed by atoms with Crippen molar-refractivity contribution in [1.82, 2.24) is 19.6 Å². The molecule has 9 nitrogen and oxygen atoms in total. The minimum Gasteiger partial charge on any atom is -0.394 e. The van der Waals surface area contributed by atoms with E-state index in [9.17, 15) is 19.5 Å². The first-order valence-corrected chi connectivity index (χ1v) is 17.5. The van der Waals surface area contributed by atoms with Gasteiger partial charge in [-0.25, -0.2) is 4.68 Å². The second-order valence-electron chi connectivity index (χ2n) is 12.4. The topological polar surface area (TPSA) is 108 Å². The SMILES string of the molecule is CCCCN(CCCC)C(=O)c1cc(C)n(-c2ccc(NC(=O)Cc3cccc(Br)c3)cc2C(=O)N2Cc3ccccc3CC2CO)n1. The maximum absolute atomic E-state index is 14.5. The Bertz CT molecular complexity index is 1760. The number of hydrogen-bond acceptors (Lipinski definition) is 5. The van der Waals surface area contributed by atoms with Gasteiger partial charge in [0.25, 0.3) is 11.8 Å². The maximum atomic E-state index is 14.5. The Kier molecular flexibility index (Phi) is 11.8. The Hall–Kier alpha value is -4.28. The van der Waals surface area contributed by atoms with Crippen molar-refractivity contribution in [2.45, 2.75) is 71.9 Å². The van der Waals surface area contributed by atoms with Gasteiger partial charge >= 0.3 is 0 Å². The summed E-state index contributed by atoms with van der Waals surface area (Å²) in [5.41, 5.74) is 5.28. The number of fused-ring (bicyclic) bond motifs is 1. The average molecular weight is 715 g/mol. The van der Waals surface area contributed by atoms with E-state index >= 15 is 0 Å². The van der Waals surface area contributed by atoms with Crippen LogP contribution in [-0.4, -0.2) is 68.1 Å². The van der Waals surface area contributed by atoms with Crippen molar-refractivity contribution >= 4 is 39.3 Å². The normalized spacial score (nSPS) is 14.0. The van der Waals surface area contributed by atoms with Crippen LogP contribution in [-0.2, 0) is 24.2 Å². The van der Waals surface area contributed by atoms with Gasteiger partial charge in [0.2, 0.25) is 5.91 Å². The monoisotopic (exact) mass is 713 g/mol. The Morgan fingerprint density at radius 3 is 2.38 bits per heavy atom. The minimum absolute atomic E-state index is 0.129. The van der Waals surface area contributed by atoms with E-state index in [0.717, 1.165) is 46.8 Å². The van der Waals surface area contributed by atoms with Crippen LogP contribution in [0.3, 0.4) is 0 Å². The number of aliphatic hydroxyl groups excluding tert-OH is 1. The second kappa shape index (κ2) is 16.2. The van der Waals surface area contributed by atoms with E-state index in [4.69, 9.17) is 5.10 Å². The van der Waals surface area contributed by atoms with Crippen LogP contribution < -0.4 is 5.32 Å². The van der Waals surface area contributed by atoms with E-state index in [1.807, 2.05) is 60.4 Å². The molecule has 5 rings (SSSR count). The van der Waals surface area contributed by atoms with E-state index in [1.165, 1.54) is 0 Å². The number of aryl methyl sites for hydroxylation is 1. The predicted octanol–water partition coefficient (Wildman–Crippen LogP) is 6.73. The highest BCUT2D eigenvalue weighted by molar-refractivity contribution is 9.10. The number of unbranched alkanes of at least 4 members (excludes halogenated alkanes) is 2. The number of nitrogens with one attached hydrogen (secondary N) is 1. The fourth-order valence-electron chi connectivity index (χ4n) is 6.15. The molecule has 0 aliphatic carbocycles. The molecule has 0 radical (unpaired) electrons. The van der Waals surface area contributed by atoms with Crippen LogP contribution in [0.1, 0.15) is 82.8 Å². The third-order valence-corrected chi connectivity index (χ3v) is 9.27. The van der Waals surface area contributed by atoms with Crippen LogP contribution in [0.25, 0.3) is 5.69 Å². The number of aliphatic hydroxyl groups is 1. The molecule has 2 N–H and O–H groups in total. The second-order valence-corrected chi connectivity index (χ2v) is 13.3. The van der Waals surface area contributed by atoms with Crippen molar-refractivity contribution in [3.8, 4) is 5.69 Å². The molecule has 1 unspecified atom stereocenters. The molecule has 0 bridgehead atoms. The van der Waals surface area contributed by atoms with Gasteiger partial charge in [-0.15, -0.1) is 0 Å². The number of rotatable bonds is 13. The average Bonchev–Trinajstić information content (AvgIpc) is 3.48. The van der Waals surface area contributed by atoms with Crippen molar-refractivity contribution in [3.63, 3.8) is 0 Å². The van der Waals surface area contributed by atoms with Gasteiger partial charge in [-0.3, -0.25) is 14.4 Å². The van der Waals surface area contributed by atoms with Gasteiger partial charge in [-0.2, -0.15) is 5.10 Å². The Labute approximate surface area is 291 Å². The highest BCUT2D eigenvalue weighted by atomic mass is 79.9. The molecule has 3 aromatic carbocycles. The number of carbonyl (C=O) groups excluding carboxylic acids is 3. The smallest absolute Gasteiger partial charge is 0.274 e. The van der Waals surface area contributed by atoms with E-state index in [1.54, 1.807) is 33.8 Å². The van der Waals surface area contributed by atoms with Crippen LogP contribution in [0.15, 0.2) is 77.3 Å². The standard InChI is InChI=1S/C38H44BrN5O4/c1-4-6-17-42(18-7-5-2)38(48)34-19-26(3)44(41-34)35-16-15-31(40-36(46)21-27-11-10-14-30(39)20-27)23-33(35)37(47)43-24-29-13-9-8-12-28(29)22-32(43)25-45/h8-16,19-20,23,32,45H,4-7,17-18,21-22,24-25H2,1-3H3,(H,40,46). The van der Waals surface area contributed by atoms with Gasteiger partial charge in [0, 0.05) is 35.5 Å². The van der Waals surface area contributed by atoms with Crippen molar-refractivity contribution in [2.24, 2.45) is 0 Å². The van der Waals surface area contributed by atoms with Crippen molar-refractivity contribution in [3.05, 3.63) is 111 Å². The largest absolute Gasteiger partial charge is 0.394 e. The summed E-state index contributed by atoms with van der Waals surface area (Å²) in [5.74, 6) is -0.644. The summed E-state index contributed by atoms with van der Waals surface area (Å²) in [6.45, 7) is 7.55. The van der Waals surface area contributed by atoms with Crippen LogP contribution in [0.5, 0.6) is 0 Å². The fourth-order valence-corrected chi connectivity index (χ4v) is 6.59. The molecule has 48 heavy (non-hydrogen) atoms. The third kappa shape index (κ3) is 8.22. The zero-order valence-corrected chi connectivity index (χ0v) is 29.5. The van der Waals surface area contributed by atoms with Gasteiger partial charge < -0.3 is 20.2 Å². The summed E-state index contributed by atoms with van der Waals surface area (Å²) in [6, 6.07) is 22.0. The number of nitrogens with zero attached hydrogens (tertiary/aromatic N) is 4. The molecule has 1 aliphatic heterocycles. The lowest BCUT2D eigenvalue weighted by molar-refractivity contribution is -0.115. The molecule has 1 atom stereocenters. The Balaban J connectivity index is 1.51. The summed E-state index contributed by atoms with van der Waals surface area (Å²) < 4.78 is 2.52. The lowest BCUT2D eigenvalue weighted by Crippen LogP contribution is -2.46. The maximum Gasteiger partial charge on any atom is 0.274 e. The van der Waals surface area contributed by atoms with E-state index in [-0.39, 0.29) is 30.7 Å². The van der Waals surface area contributed by atoms with Crippen LogP contribution in [0.2, 0.25) is 0 Å². The lowest BCUT2D eigenvalue weighted by atomic mass is 9.93. The first-order valence-electron chi connectivity index (χ1n) is 16.8. The summed E-state index contributed by atoms with van der Waals surface area (Å²) in [5, 5.41) is 18.1. The van der Waals surface area contributed by atoms with Gasteiger partial charge in [0.1, 0.15) is 0 Å². The molecular formula is C38H44BrN5O4. The molecule has 2 heterocycles. The van der Waals surface area contributed by atoms with Crippen molar-refractivity contribution in [2.75, 3.05) is 25.0 Å². The Morgan fingerprint density at radius 1 is 0.958 bits per heavy atom. The molecule has 0 fully saturated rings. The van der Waals surface area contributed by atoms with E-state index in [2.05, 4.69) is 35.1 Å². The zero-order chi connectivity index (χ0) is 34.2. The van der Waals surface area contributed by atoms with E-state index in [0.29, 0.717) is 54.4 Å². The Morgan fingerprint density at radius 2 is 1.69 bits per heavy atom. The first kappa shape index (κ1) is 35.0. The predicted molar refractivity (Wildman–Crippen MR) is 191 cm³/mol. The fraction of sp³-hybridized carbons (Fsp3) is 0.368. The number of hydrogen-bond donors (Lipinski definition) is 2. The summed E-state index contributed by atoms with van der Waals surface area (Å²) in [7, 11) is 0. The molecule has 252 valence electrons. The van der Waals surface area contributed by atoms with Gasteiger partial charge in [0.15, 0.2) is 5.69 Å². The van der Waals surface area contributed by atoms with Crippen LogP contribution in [0, 0.1) is 6.92 Å². The molecule has 0 saturated carbocycles. The number of halogens is 1. The third-order valence-electron chi connectivity index (χ3n) is 8.78. The molecule has 0 spiro atoms. The molecule has 0 saturated heterocycles. The molecule has 1 aliphatic rings. The van der Waals surface area contributed by atoms with Crippen LogP contribution >= 0.6 is 15.9 Å². The van der Waals surface area contributed by atoms with E-state index < -0.39 is 6.04 Å². The lowest BCUT2D eigenvalue weighted by Gasteiger charge is -2.36. The summed E-state index contributed by atoms with van der Waals surface area (Å²) in [6.07, 6.45) is 4.48. The number of carbonyl (C=O) groups is 3. The zero-order valence-electron chi connectivity index (χ0n) is 27.9. The van der Waals surface area contributed by atoms with Gasteiger partial charge in [-0.05, 0) is 79.3 Å². The number of anilines is 1. The highest BCUT2D eigenvalue weighted by Gasteiger charge is 2.32. The van der Waals surface area contributed by atoms with Gasteiger partial charge in [-0.1, -0.05) is 79.0 Å². The number of benzene rings is 3. The van der Waals surface area contributed by atoms with Crippen LogP contribution in [0.4, 0.5) is 5.69 Å². The first-order chi connectivity index (χ1) is 23.2. The molecule has 3 amide bonds. The summed E-state index contributed by atoms with van der Waals surface area (Å²) >= 11 is 3.46. The van der Waals surface area contributed by atoms with Crippen molar-refractivity contribution < 1.29 is 19.5 Å².